The van der Waals surface area contributed by atoms with Crippen LogP contribution < -0.4 is 5.73 Å². The molecule has 0 aromatic heterocycles. The predicted octanol–water partition coefficient (Wildman–Crippen LogP) is 3.01. The second-order valence-electron chi connectivity index (χ2n) is 10.8. The van der Waals surface area contributed by atoms with Crippen molar-refractivity contribution >= 4 is 23.5 Å². The zero-order chi connectivity index (χ0) is 27.8. The van der Waals surface area contributed by atoms with Crippen LogP contribution in [-0.2, 0) is 20.7 Å². The second-order valence-corrected chi connectivity index (χ2v) is 10.8. The monoisotopic (exact) mass is 525 g/mol. The first-order chi connectivity index (χ1) is 18.6. The number of ketones is 1. The summed E-state index contributed by atoms with van der Waals surface area (Å²) in [6.45, 7) is 0. The van der Waals surface area contributed by atoms with Gasteiger partial charge in [0.25, 0.3) is 5.91 Å². The number of phenols is 1. The summed E-state index contributed by atoms with van der Waals surface area (Å²) in [5, 5.41) is 42.3. The number of benzene rings is 2. The molecule has 0 bridgehead atoms. The van der Waals surface area contributed by atoms with Gasteiger partial charge in [-0.25, -0.2) is 0 Å². The fraction of sp³-hybridized carbons (Fsp3) is 0.300. The minimum Gasteiger partial charge on any atom is -0.510 e. The van der Waals surface area contributed by atoms with Crippen molar-refractivity contribution < 1.29 is 29.6 Å². The Hall–Kier alpha value is -4.39. The maximum Gasteiger partial charge on any atom is 0.250 e. The molecule has 5 atom stereocenters. The number of ether oxygens (including phenoxy) is 1. The van der Waals surface area contributed by atoms with Crippen molar-refractivity contribution in [3.63, 3.8) is 0 Å². The Kier molecular flexibility index (Phi) is 5.47. The van der Waals surface area contributed by atoms with Crippen molar-refractivity contribution in [2.45, 2.75) is 30.6 Å². The van der Waals surface area contributed by atoms with Gasteiger partial charge in [0.1, 0.15) is 23.4 Å². The first kappa shape index (κ1) is 24.9. The number of Topliss-reactive ketones (excluding diaryl/α,β-unsaturated/α-hetero) is 1. The Morgan fingerprint density at radius 2 is 2.00 bits per heavy atom. The Morgan fingerprint density at radius 1 is 1.23 bits per heavy atom. The molecule has 2 aromatic carbocycles. The number of allylic oxidation sites excluding steroid dienone is 1. The number of primary amides is 1. The Balaban J connectivity index is 1.50. The minimum absolute atomic E-state index is 0.108. The number of hydrogen-bond donors (Lipinski definition) is 4. The maximum absolute atomic E-state index is 14.1. The second kappa shape index (κ2) is 8.56. The lowest BCUT2D eigenvalue weighted by Crippen LogP contribution is -2.57. The van der Waals surface area contributed by atoms with E-state index in [-0.39, 0.29) is 34.0 Å². The quantitative estimate of drug-likeness (QED) is 0.350. The van der Waals surface area contributed by atoms with E-state index in [2.05, 4.69) is 0 Å². The third kappa shape index (κ3) is 3.38. The number of hydrogen-bond acceptors (Lipinski definition) is 8. The lowest BCUT2D eigenvalue weighted by atomic mass is 9.59. The molecule has 2 fully saturated rings. The number of aromatic hydroxyl groups is 1. The molecule has 9 nitrogen and oxygen atoms in total. The van der Waals surface area contributed by atoms with Gasteiger partial charge in [-0.2, -0.15) is 5.26 Å². The summed E-state index contributed by atoms with van der Waals surface area (Å²) in [6, 6.07) is 12.1. The van der Waals surface area contributed by atoms with Crippen molar-refractivity contribution in [3.05, 3.63) is 76.1 Å². The van der Waals surface area contributed by atoms with Crippen LogP contribution in [0.3, 0.4) is 0 Å². The number of phenolic OH excluding ortho intramolecular Hbond substituents is 1. The van der Waals surface area contributed by atoms with Crippen molar-refractivity contribution in [2.75, 3.05) is 14.1 Å². The Labute approximate surface area is 224 Å². The van der Waals surface area contributed by atoms with Crippen molar-refractivity contribution in [2.24, 2.45) is 17.6 Å². The molecule has 1 saturated heterocycles. The van der Waals surface area contributed by atoms with Gasteiger partial charge in [0, 0.05) is 17.6 Å². The number of fused-ring (bicyclic) bond motifs is 2. The van der Waals surface area contributed by atoms with Crippen LogP contribution in [-0.4, -0.2) is 63.8 Å². The largest absolute Gasteiger partial charge is 0.510 e. The summed E-state index contributed by atoms with van der Waals surface area (Å²) in [4.78, 5) is 28.1. The highest BCUT2D eigenvalue weighted by atomic mass is 16.6. The third-order valence-electron chi connectivity index (χ3n) is 8.54. The number of nitrogens with zero attached hydrogens (tertiary/aromatic N) is 2. The van der Waals surface area contributed by atoms with Crippen LogP contribution in [0.2, 0.25) is 0 Å². The summed E-state index contributed by atoms with van der Waals surface area (Å²) in [6.07, 6.45) is 2.88. The number of epoxide rings is 1. The van der Waals surface area contributed by atoms with Gasteiger partial charge in [-0.15, -0.1) is 0 Å². The normalized spacial score (nSPS) is 29.0. The van der Waals surface area contributed by atoms with E-state index in [1.165, 1.54) is 12.1 Å². The van der Waals surface area contributed by atoms with Crippen LogP contribution in [0, 0.1) is 23.2 Å². The summed E-state index contributed by atoms with van der Waals surface area (Å²) in [7, 11) is 3.51. The maximum atomic E-state index is 14.1. The first-order valence-electron chi connectivity index (χ1n) is 12.7. The highest BCUT2D eigenvalue weighted by Gasteiger charge is 2.76. The highest BCUT2D eigenvalue weighted by molar-refractivity contribution is 6.13. The van der Waals surface area contributed by atoms with E-state index < -0.39 is 41.3 Å². The van der Waals surface area contributed by atoms with Crippen LogP contribution in [0.25, 0.3) is 23.0 Å². The molecule has 1 amide bonds. The lowest BCUT2D eigenvalue weighted by molar-refractivity contribution is -0.126. The number of rotatable bonds is 4. The molecule has 198 valence electrons. The standard InChI is InChI=1S/C30H27N3O6/c1-33(2)24-19-13-16-12-18-17(15-7-3-5-14(11-15)6-4-10-31)8-9-20(34)22(18)25(35)21(16)27(37)30(19)28(39-30)23(26(24)36)29(32)38/h3-9,11,16,19,24,28,34-36H,12-13H2,1-2H3,(H2,32,38)/b6-4+/t16-,19-,24-,28?,30-/m0/s1. The molecule has 2 aromatic rings. The lowest BCUT2D eigenvalue weighted by Gasteiger charge is -2.45. The zero-order valence-electron chi connectivity index (χ0n) is 21.4. The predicted molar refractivity (Wildman–Crippen MR) is 142 cm³/mol. The number of likely N-dealkylation sites (N-methyl/N-ethyl adjacent to an activating group) is 1. The average molecular weight is 526 g/mol. The van der Waals surface area contributed by atoms with Gasteiger partial charge in [-0.1, -0.05) is 24.3 Å². The Bertz CT molecular complexity index is 1600. The Morgan fingerprint density at radius 3 is 2.69 bits per heavy atom. The molecule has 0 radical (unpaired) electrons. The summed E-state index contributed by atoms with van der Waals surface area (Å²) in [5.74, 6) is -2.80. The number of nitriles is 1. The van der Waals surface area contributed by atoms with Gasteiger partial charge in [-0.05, 0) is 73.3 Å². The zero-order valence-corrected chi connectivity index (χ0v) is 21.4. The molecule has 1 saturated carbocycles. The molecule has 1 heterocycles. The molecule has 39 heavy (non-hydrogen) atoms. The molecule has 1 aliphatic heterocycles. The molecule has 5 N–H and O–H groups in total. The molecule has 1 unspecified atom stereocenters. The van der Waals surface area contributed by atoms with E-state index in [1.807, 2.05) is 30.3 Å². The molecular weight excluding hydrogens is 498 g/mol. The summed E-state index contributed by atoms with van der Waals surface area (Å²) in [5.41, 5.74) is 7.58. The fourth-order valence-corrected chi connectivity index (χ4v) is 6.95. The number of aliphatic hydroxyl groups excluding tert-OH is 2. The minimum atomic E-state index is -1.41. The van der Waals surface area contributed by atoms with Crippen molar-refractivity contribution in [1.82, 2.24) is 4.90 Å². The summed E-state index contributed by atoms with van der Waals surface area (Å²) >= 11 is 0. The number of aliphatic hydroxyl groups is 2. The number of carbonyl (C=O) groups excluding carboxylic acids is 2. The SMILES string of the molecule is CN(C)[C@@H]1C(O)=C(C(N)=O)C2O[C@@]23C(=O)C2=C(O)c4c(O)ccc(-c5cccc(/C=C/C#N)c5)c4C[C@H]2C[C@@H]13. The van der Waals surface area contributed by atoms with Gasteiger partial charge in [0.15, 0.2) is 11.4 Å². The van der Waals surface area contributed by atoms with Gasteiger partial charge >= 0.3 is 0 Å². The molecular formula is C30H27N3O6. The molecule has 6 rings (SSSR count). The van der Waals surface area contributed by atoms with Crippen LogP contribution >= 0.6 is 0 Å². The molecule has 9 heteroatoms. The smallest absolute Gasteiger partial charge is 0.250 e. The summed E-state index contributed by atoms with van der Waals surface area (Å²) < 4.78 is 5.93. The van der Waals surface area contributed by atoms with Crippen LogP contribution in [0.1, 0.15) is 23.1 Å². The number of amides is 1. The van der Waals surface area contributed by atoms with Crippen molar-refractivity contribution in [1.29, 1.82) is 5.26 Å². The van der Waals surface area contributed by atoms with E-state index in [9.17, 15) is 24.9 Å². The van der Waals surface area contributed by atoms with Gasteiger partial charge in [0.05, 0.1) is 23.2 Å². The van der Waals surface area contributed by atoms with E-state index in [0.717, 1.165) is 16.7 Å². The van der Waals surface area contributed by atoms with Crippen LogP contribution in [0.5, 0.6) is 5.75 Å². The topological polar surface area (TPSA) is 160 Å². The van der Waals surface area contributed by atoms with E-state index in [1.54, 1.807) is 31.1 Å². The van der Waals surface area contributed by atoms with E-state index in [0.29, 0.717) is 18.4 Å². The van der Waals surface area contributed by atoms with E-state index >= 15 is 0 Å². The van der Waals surface area contributed by atoms with Gasteiger partial charge < -0.3 is 25.8 Å². The van der Waals surface area contributed by atoms with Crippen LogP contribution in [0.15, 0.2) is 59.4 Å². The highest BCUT2D eigenvalue weighted by Crippen LogP contribution is 2.62. The van der Waals surface area contributed by atoms with Gasteiger partial charge in [0.2, 0.25) is 0 Å². The third-order valence-corrected chi connectivity index (χ3v) is 8.54. The molecule has 3 aliphatic carbocycles. The number of carbonyl (C=O) groups is 2. The van der Waals surface area contributed by atoms with E-state index in [4.69, 9.17) is 15.7 Å². The fourth-order valence-electron chi connectivity index (χ4n) is 6.95. The number of nitrogens with two attached hydrogens (primary N) is 1. The molecule has 1 spiro atoms. The average Bonchev–Trinajstić information content (AvgIpc) is 3.62. The molecule has 4 aliphatic rings. The first-order valence-corrected chi connectivity index (χ1v) is 12.7. The van der Waals surface area contributed by atoms with Crippen molar-refractivity contribution in [3.8, 4) is 22.9 Å². The van der Waals surface area contributed by atoms with Crippen LogP contribution in [0.4, 0.5) is 0 Å². The van der Waals surface area contributed by atoms with Gasteiger partial charge in [-0.3, -0.25) is 14.5 Å².